The number of amides is 1. The normalized spacial score (nSPS) is 9.89. The quantitative estimate of drug-likeness (QED) is 0.593. The molecule has 0 unspecified atom stereocenters. The number of halogens is 1. The van der Waals surface area contributed by atoms with Crippen LogP contribution in [-0.4, -0.2) is 33.0 Å². The van der Waals surface area contributed by atoms with E-state index in [-0.39, 0.29) is 11.8 Å². The molecule has 0 saturated carbocycles. The lowest BCUT2D eigenvalue weighted by molar-refractivity contribution is -0.129. The molecule has 0 aliphatic carbocycles. The maximum Gasteiger partial charge on any atom is 0.237 e. The van der Waals surface area contributed by atoms with Crippen LogP contribution in [0.15, 0.2) is 24.1 Å². The summed E-state index contributed by atoms with van der Waals surface area (Å²) in [6.07, 6.45) is 6.34. The van der Waals surface area contributed by atoms with Crippen LogP contribution in [0.4, 0.5) is 0 Å². The minimum Gasteiger partial charge on any atom is -0.335 e. The van der Waals surface area contributed by atoms with Gasteiger partial charge in [-0.3, -0.25) is 9.48 Å². The van der Waals surface area contributed by atoms with Crippen LogP contribution in [0.3, 0.4) is 0 Å². The maximum absolute atomic E-state index is 11.8. The van der Waals surface area contributed by atoms with E-state index in [0.29, 0.717) is 13.1 Å². The molecular weight excluding hydrogens is 262 g/mol. The Balaban J connectivity index is 2.75. The molecule has 1 heterocycles. The molecule has 1 rings (SSSR count). The van der Waals surface area contributed by atoms with E-state index in [9.17, 15) is 4.79 Å². The van der Waals surface area contributed by atoms with Gasteiger partial charge < -0.3 is 4.90 Å². The van der Waals surface area contributed by atoms with Crippen LogP contribution >= 0.6 is 11.6 Å². The van der Waals surface area contributed by atoms with E-state index in [1.807, 2.05) is 33.0 Å². The number of nitrogens with zero attached hydrogens (tertiary/aromatic N) is 3. The van der Waals surface area contributed by atoms with Gasteiger partial charge in [0.15, 0.2) is 0 Å². The van der Waals surface area contributed by atoms with E-state index < -0.39 is 0 Å². The van der Waals surface area contributed by atoms with Crippen LogP contribution in [0, 0.1) is 6.92 Å². The summed E-state index contributed by atoms with van der Waals surface area (Å²) in [5, 5.41) is 4.18. The molecule has 0 atom stereocenters. The Morgan fingerprint density at radius 2 is 2.37 bits per heavy atom. The van der Waals surface area contributed by atoms with Gasteiger partial charge >= 0.3 is 0 Å². The van der Waals surface area contributed by atoms with Crippen molar-refractivity contribution in [3.63, 3.8) is 0 Å². The van der Waals surface area contributed by atoms with E-state index in [1.165, 1.54) is 0 Å². The van der Waals surface area contributed by atoms with Gasteiger partial charge in [-0.15, -0.1) is 17.3 Å². The van der Waals surface area contributed by atoms with Gasteiger partial charge in [0.25, 0.3) is 0 Å². The Morgan fingerprint density at radius 1 is 1.63 bits per heavy atom. The summed E-state index contributed by atoms with van der Waals surface area (Å²) in [7, 11) is 1.88. The molecule has 0 N–H and O–H groups in total. The van der Waals surface area contributed by atoms with Gasteiger partial charge in [-0.05, 0) is 38.0 Å². The Morgan fingerprint density at radius 3 is 2.89 bits per heavy atom. The fourth-order valence-corrected chi connectivity index (χ4v) is 1.95. The zero-order chi connectivity index (χ0) is 14.3. The molecule has 0 radical (unpaired) electrons. The van der Waals surface area contributed by atoms with Crippen molar-refractivity contribution >= 4 is 17.5 Å². The molecule has 1 aromatic heterocycles. The number of hydrogen-bond donors (Lipinski definition) is 0. The van der Waals surface area contributed by atoms with Gasteiger partial charge in [-0.1, -0.05) is 0 Å². The summed E-state index contributed by atoms with van der Waals surface area (Å²) < 4.78 is 1.80. The molecule has 4 nitrogen and oxygen atoms in total. The van der Waals surface area contributed by atoms with Crippen molar-refractivity contribution in [2.75, 3.05) is 12.4 Å². The van der Waals surface area contributed by atoms with Crippen molar-refractivity contribution in [1.29, 1.82) is 0 Å². The predicted octanol–water partition coefficient (Wildman–Crippen LogP) is 2.42. The summed E-state index contributed by atoms with van der Waals surface area (Å²) in [6.45, 7) is 5.08. The summed E-state index contributed by atoms with van der Waals surface area (Å²) >= 11 is 5.66. The van der Waals surface area contributed by atoms with Crippen molar-refractivity contribution in [2.24, 2.45) is 7.05 Å². The Kier molecular flexibility index (Phi) is 6.40. The molecule has 1 amide bonds. The second kappa shape index (κ2) is 7.82. The fourth-order valence-electron chi connectivity index (χ4n) is 1.78. The minimum absolute atomic E-state index is 0.00420. The first-order valence-electron chi connectivity index (χ1n) is 6.27. The molecule has 0 spiro atoms. The smallest absolute Gasteiger partial charge is 0.237 e. The van der Waals surface area contributed by atoms with Gasteiger partial charge in [-0.25, -0.2) is 0 Å². The molecular formula is C14H20ClN3O. The van der Waals surface area contributed by atoms with E-state index in [2.05, 4.69) is 10.8 Å². The average Bonchev–Trinajstić information content (AvgIpc) is 2.72. The average molecular weight is 282 g/mol. The zero-order valence-corrected chi connectivity index (χ0v) is 12.4. The summed E-state index contributed by atoms with van der Waals surface area (Å²) in [6, 6.07) is 0. The second-order valence-electron chi connectivity index (χ2n) is 4.29. The third kappa shape index (κ3) is 4.58. The van der Waals surface area contributed by atoms with Crippen molar-refractivity contribution < 1.29 is 4.79 Å². The van der Waals surface area contributed by atoms with Gasteiger partial charge in [0.1, 0.15) is 5.88 Å². The van der Waals surface area contributed by atoms with E-state index in [1.54, 1.807) is 15.8 Å². The zero-order valence-electron chi connectivity index (χ0n) is 11.7. The van der Waals surface area contributed by atoms with E-state index in [0.717, 1.165) is 17.7 Å². The highest BCUT2D eigenvalue weighted by molar-refractivity contribution is 6.27. The number of aromatic nitrogens is 2. The van der Waals surface area contributed by atoms with Crippen molar-refractivity contribution in [3.8, 4) is 0 Å². The first-order valence-corrected chi connectivity index (χ1v) is 6.80. The number of aryl methyl sites for hydroxylation is 2. The molecule has 1 aromatic rings. The first kappa shape index (κ1) is 15.5. The second-order valence-corrected chi connectivity index (χ2v) is 4.56. The largest absolute Gasteiger partial charge is 0.335 e. The standard InChI is InChI=1S/C14H20ClN3O/c1-4-5-6-7-8-18(14(19)9-15)11-13-12(2)10-16-17(13)3/h4,6,10H,7-9,11H2,1-3H3. The van der Waals surface area contributed by atoms with Gasteiger partial charge in [0, 0.05) is 13.6 Å². The number of hydrogen-bond acceptors (Lipinski definition) is 2. The lowest BCUT2D eigenvalue weighted by Crippen LogP contribution is -2.33. The van der Waals surface area contributed by atoms with Gasteiger partial charge in [-0.2, -0.15) is 5.10 Å². The van der Waals surface area contributed by atoms with Crippen LogP contribution in [0.25, 0.3) is 0 Å². The number of carbonyl (C=O) groups is 1. The number of carbonyl (C=O) groups excluding carboxylic acids is 1. The van der Waals surface area contributed by atoms with Gasteiger partial charge in [0.2, 0.25) is 5.91 Å². The molecule has 19 heavy (non-hydrogen) atoms. The first-order chi connectivity index (χ1) is 9.10. The highest BCUT2D eigenvalue weighted by atomic mass is 35.5. The number of alkyl halides is 1. The van der Waals surface area contributed by atoms with Crippen molar-refractivity contribution in [1.82, 2.24) is 14.7 Å². The summed E-state index contributed by atoms with van der Waals surface area (Å²) in [4.78, 5) is 13.6. The highest BCUT2D eigenvalue weighted by Gasteiger charge is 2.15. The van der Waals surface area contributed by atoms with Crippen LogP contribution in [0.5, 0.6) is 0 Å². The van der Waals surface area contributed by atoms with Crippen LogP contribution < -0.4 is 0 Å². The third-order valence-electron chi connectivity index (χ3n) is 2.91. The SMILES string of the molecule is CC=C=CCCN(Cc1c(C)cnn1C)C(=O)CCl. The Hall–Kier alpha value is -1.51. The molecule has 0 aromatic carbocycles. The topological polar surface area (TPSA) is 38.1 Å². The Labute approximate surface area is 119 Å². The van der Waals surface area contributed by atoms with Crippen LogP contribution in [-0.2, 0) is 18.4 Å². The molecule has 5 heteroatoms. The van der Waals surface area contributed by atoms with Gasteiger partial charge in [0.05, 0.1) is 18.4 Å². The number of rotatable bonds is 6. The maximum atomic E-state index is 11.8. The van der Waals surface area contributed by atoms with Crippen LogP contribution in [0.2, 0.25) is 0 Å². The molecule has 0 bridgehead atoms. The lowest BCUT2D eigenvalue weighted by Gasteiger charge is -2.21. The summed E-state index contributed by atoms with van der Waals surface area (Å²) in [5.74, 6) is -0.0549. The predicted molar refractivity (Wildman–Crippen MR) is 77.0 cm³/mol. The third-order valence-corrected chi connectivity index (χ3v) is 3.13. The molecule has 0 aliphatic heterocycles. The minimum atomic E-state index is -0.0591. The lowest BCUT2D eigenvalue weighted by atomic mass is 10.2. The molecule has 104 valence electrons. The van der Waals surface area contributed by atoms with Crippen molar-refractivity contribution in [3.05, 3.63) is 35.3 Å². The van der Waals surface area contributed by atoms with E-state index in [4.69, 9.17) is 11.6 Å². The molecule has 0 fully saturated rings. The van der Waals surface area contributed by atoms with Crippen molar-refractivity contribution in [2.45, 2.75) is 26.8 Å². The Bertz CT molecular complexity index is 467. The van der Waals surface area contributed by atoms with Crippen LogP contribution in [0.1, 0.15) is 24.6 Å². The van der Waals surface area contributed by atoms with E-state index >= 15 is 0 Å². The molecule has 0 saturated heterocycles. The monoisotopic (exact) mass is 281 g/mol. The fraction of sp³-hybridized carbons (Fsp3) is 0.500. The summed E-state index contributed by atoms with van der Waals surface area (Å²) in [5.41, 5.74) is 5.12. The highest BCUT2D eigenvalue weighted by Crippen LogP contribution is 2.10. The molecule has 0 aliphatic rings.